The summed E-state index contributed by atoms with van der Waals surface area (Å²) in [4.78, 5) is 0. The molecule has 0 radical (unpaired) electrons. The molecule has 6 heteroatoms. The average molecular weight is 344 g/mol. The van der Waals surface area contributed by atoms with E-state index in [4.69, 9.17) is 0 Å². The van der Waals surface area contributed by atoms with E-state index in [9.17, 15) is 0 Å². The highest BCUT2D eigenvalue weighted by Gasteiger charge is 2.20. The van der Waals surface area contributed by atoms with Crippen molar-refractivity contribution < 1.29 is 0 Å². The Bertz CT molecular complexity index is 708. The molecule has 106 valence electrons. The van der Waals surface area contributed by atoms with E-state index in [1.807, 2.05) is 49.5 Å². The van der Waals surface area contributed by atoms with E-state index in [1.165, 1.54) is 0 Å². The van der Waals surface area contributed by atoms with E-state index in [1.54, 1.807) is 4.68 Å². The molecule has 0 amide bonds. The second-order valence-corrected chi connectivity index (χ2v) is 5.47. The van der Waals surface area contributed by atoms with Crippen LogP contribution >= 0.6 is 15.9 Å². The van der Waals surface area contributed by atoms with Crippen LogP contribution in [0.15, 0.2) is 59.1 Å². The molecule has 1 N–H and O–H groups in total. The Labute approximate surface area is 131 Å². The molecule has 2 aromatic carbocycles. The first-order valence-corrected chi connectivity index (χ1v) is 7.35. The Hall–Kier alpha value is -2.05. The summed E-state index contributed by atoms with van der Waals surface area (Å²) in [5.41, 5.74) is 2.04. The van der Waals surface area contributed by atoms with Crippen LogP contribution in [0.3, 0.4) is 0 Å². The topological polar surface area (TPSA) is 55.6 Å². The number of nitrogens with zero attached hydrogens (tertiary/aromatic N) is 4. The minimum absolute atomic E-state index is 0.0650. The molecule has 21 heavy (non-hydrogen) atoms. The van der Waals surface area contributed by atoms with Gasteiger partial charge in [0.25, 0.3) is 0 Å². The molecule has 0 saturated heterocycles. The number of rotatable bonds is 4. The number of aromatic nitrogens is 4. The van der Waals surface area contributed by atoms with Crippen molar-refractivity contribution >= 4 is 15.9 Å². The molecule has 1 aromatic heterocycles. The van der Waals surface area contributed by atoms with Gasteiger partial charge in [0.1, 0.15) is 0 Å². The van der Waals surface area contributed by atoms with Gasteiger partial charge in [-0.15, -0.1) is 5.10 Å². The summed E-state index contributed by atoms with van der Waals surface area (Å²) in [6.45, 7) is 0. The maximum absolute atomic E-state index is 4.19. The lowest BCUT2D eigenvalue weighted by molar-refractivity contribution is 0.621. The van der Waals surface area contributed by atoms with Crippen molar-refractivity contribution in [3.05, 3.63) is 70.5 Å². The van der Waals surface area contributed by atoms with Gasteiger partial charge in [0.2, 0.25) is 0 Å². The number of halogens is 1. The van der Waals surface area contributed by atoms with Crippen molar-refractivity contribution in [1.29, 1.82) is 0 Å². The predicted molar refractivity (Wildman–Crippen MR) is 84.2 cm³/mol. The lowest BCUT2D eigenvalue weighted by atomic mass is 10.1. The van der Waals surface area contributed by atoms with E-state index >= 15 is 0 Å². The van der Waals surface area contributed by atoms with E-state index in [2.05, 4.69) is 48.9 Å². The van der Waals surface area contributed by atoms with Gasteiger partial charge >= 0.3 is 0 Å². The monoisotopic (exact) mass is 343 g/mol. The van der Waals surface area contributed by atoms with Crippen molar-refractivity contribution in [3.63, 3.8) is 0 Å². The maximum Gasteiger partial charge on any atom is 0.178 e. The summed E-state index contributed by atoms with van der Waals surface area (Å²) in [5.74, 6) is 0.756. The van der Waals surface area contributed by atoms with Crippen LogP contribution in [-0.2, 0) is 0 Å². The van der Waals surface area contributed by atoms with Crippen LogP contribution < -0.4 is 5.32 Å². The maximum atomic E-state index is 4.19. The first-order chi connectivity index (χ1) is 10.3. The van der Waals surface area contributed by atoms with E-state index in [0.29, 0.717) is 0 Å². The minimum atomic E-state index is -0.0650. The van der Waals surface area contributed by atoms with Crippen molar-refractivity contribution in [3.8, 4) is 5.69 Å². The van der Waals surface area contributed by atoms with Gasteiger partial charge in [-0.3, -0.25) is 0 Å². The Kier molecular flexibility index (Phi) is 4.08. The minimum Gasteiger partial charge on any atom is -0.307 e. The van der Waals surface area contributed by atoms with Gasteiger partial charge in [0.05, 0.1) is 11.7 Å². The van der Waals surface area contributed by atoms with Crippen LogP contribution in [0.4, 0.5) is 0 Å². The second kappa shape index (κ2) is 6.15. The number of nitrogens with one attached hydrogen (secondary N) is 1. The van der Waals surface area contributed by atoms with Gasteiger partial charge in [-0.1, -0.05) is 46.3 Å². The summed E-state index contributed by atoms with van der Waals surface area (Å²) in [6, 6.07) is 17.9. The summed E-state index contributed by atoms with van der Waals surface area (Å²) < 4.78 is 2.77. The first-order valence-electron chi connectivity index (χ1n) is 6.56. The molecule has 0 saturated carbocycles. The Morgan fingerprint density at radius 2 is 1.76 bits per heavy atom. The van der Waals surface area contributed by atoms with Crippen LogP contribution in [0, 0.1) is 0 Å². The summed E-state index contributed by atoms with van der Waals surface area (Å²) >= 11 is 3.43. The molecule has 1 atom stereocenters. The van der Waals surface area contributed by atoms with Crippen LogP contribution in [0.25, 0.3) is 5.69 Å². The van der Waals surface area contributed by atoms with Gasteiger partial charge in [-0.05, 0) is 47.3 Å². The van der Waals surface area contributed by atoms with Crippen molar-refractivity contribution in [2.24, 2.45) is 0 Å². The van der Waals surface area contributed by atoms with Crippen molar-refractivity contribution in [2.75, 3.05) is 7.05 Å². The van der Waals surface area contributed by atoms with E-state index in [0.717, 1.165) is 21.5 Å². The fraction of sp³-hybridized carbons (Fsp3) is 0.133. The standard InChI is InChI=1S/C15H14BrN5/c1-17-14(11-5-3-2-4-6-11)15-18-19-20-21(15)13-9-7-12(16)8-10-13/h2-10,14,17H,1H3/t14-/m0/s1. The van der Waals surface area contributed by atoms with Gasteiger partial charge in [-0.25, -0.2) is 0 Å². The smallest absolute Gasteiger partial charge is 0.178 e. The fourth-order valence-corrected chi connectivity index (χ4v) is 2.49. The SMILES string of the molecule is CN[C@@H](c1ccccc1)c1nnnn1-c1ccc(Br)cc1. The quantitative estimate of drug-likeness (QED) is 0.791. The van der Waals surface area contributed by atoms with E-state index < -0.39 is 0 Å². The first kappa shape index (κ1) is 13.9. The van der Waals surface area contributed by atoms with Crippen LogP contribution in [0.2, 0.25) is 0 Å². The molecule has 0 bridgehead atoms. The molecule has 0 aliphatic rings. The highest BCUT2D eigenvalue weighted by molar-refractivity contribution is 9.10. The molecule has 3 aromatic rings. The van der Waals surface area contributed by atoms with Gasteiger partial charge in [0, 0.05) is 4.47 Å². The third kappa shape index (κ3) is 2.86. The molecule has 3 rings (SSSR count). The van der Waals surface area contributed by atoms with Crippen LogP contribution in [0.5, 0.6) is 0 Å². The Morgan fingerprint density at radius 1 is 1.05 bits per heavy atom. The number of hydrogen-bond acceptors (Lipinski definition) is 4. The summed E-state index contributed by atoms with van der Waals surface area (Å²) in [6.07, 6.45) is 0. The zero-order valence-corrected chi connectivity index (χ0v) is 13.0. The molecule has 0 spiro atoms. The van der Waals surface area contributed by atoms with Crippen molar-refractivity contribution in [2.45, 2.75) is 6.04 Å². The van der Waals surface area contributed by atoms with Gasteiger partial charge in [-0.2, -0.15) is 4.68 Å². The van der Waals surface area contributed by atoms with Gasteiger partial charge < -0.3 is 5.32 Å². The Morgan fingerprint density at radius 3 is 2.43 bits per heavy atom. The normalized spacial score (nSPS) is 12.3. The molecule has 0 aliphatic carbocycles. The number of hydrogen-bond donors (Lipinski definition) is 1. The van der Waals surface area contributed by atoms with Crippen LogP contribution in [0.1, 0.15) is 17.4 Å². The Balaban J connectivity index is 2.03. The highest BCUT2D eigenvalue weighted by atomic mass is 79.9. The van der Waals surface area contributed by atoms with Crippen molar-refractivity contribution in [1.82, 2.24) is 25.5 Å². The third-order valence-corrected chi connectivity index (χ3v) is 3.77. The number of tetrazole rings is 1. The molecule has 0 unspecified atom stereocenters. The second-order valence-electron chi connectivity index (χ2n) is 4.56. The molecular formula is C15H14BrN5. The third-order valence-electron chi connectivity index (χ3n) is 3.24. The van der Waals surface area contributed by atoms with Gasteiger partial charge in [0.15, 0.2) is 5.82 Å². The molecule has 1 heterocycles. The largest absolute Gasteiger partial charge is 0.307 e. The lowest BCUT2D eigenvalue weighted by Crippen LogP contribution is -2.22. The fourth-order valence-electron chi connectivity index (χ4n) is 2.23. The summed E-state index contributed by atoms with van der Waals surface area (Å²) in [7, 11) is 1.90. The molecule has 0 aliphatic heterocycles. The number of benzene rings is 2. The zero-order chi connectivity index (χ0) is 14.7. The average Bonchev–Trinajstić information content (AvgIpc) is 2.99. The molecular weight excluding hydrogens is 330 g/mol. The predicted octanol–water partition coefficient (Wildman–Crippen LogP) is 2.73. The summed E-state index contributed by atoms with van der Waals surface area (Å²) in [5, 5.41) is 15.4. The highest BCUT2D eigenvalue weighted by Crippen LogP contribution is 2.22. The van der Waals surface area contributed by atoms with E-state index in [-0.39, 0.29) is 6.04 Å². The molecule has 5 nitrogen and oxygen atoms in total. The molecule has 0 fully saturated rings. The van der Waals surface area contributed by atoms with Crippen LogP contribution in [-0.4, -0.2) is 27.3 Å². The lowest BCUT2D eigenvalue weighted by Gasteiger charge is -2.16. The zero-order valence-electron chi connectivity index (χ0n) is 11.4.